The molecule has 0 bridgehead atoms. The van der Waals surface area contributed by atoms with Gasteiger partial charge in [-0.3, -0.25) is 0 Å². The zero-order valence-electron chi connectivity index (χ0n) is 9.41. The van der Waals surface area contributed by atoms with Crippen LogP contribution in [0.5, 0.6) is 0 Å². The molecule has 0 aromatic rings. The Morgan fingerprint density at radius 2 is 1.83 bits per heavy atom. The van der Waals surface area contributed by atoms with E-state index in [0.717, 1.165) is 6.54 Å². The fourth-order valence-electron chi connectivity index (χ4n) is 1.22. The Morgan fingerprint density at radius 3 is 2.25 bits per heavy atom. The van der Waals surface area contributed by atoms with Crippen molar-refractivity contribution in [1.29, 1.82) is 0 Å². The number of hydrogen-bond acceptors (Lipinski definition) is 1. The van der Waals surface area contributed by atoms with E-state index in [-0.39, 0.29) is 0 Å². The largest absolute Gasteiger partial charge is 0.314 e. The van der Waals surface area contributed by atoms with Gasteiger partial charge in [0.05, 0.1) is 0 Å². The Kier molecular flexibility index (Phi) is 5.56. The van der Waals surface area contributed by atoms with Crippen molar-refractivity contribution < 1.29 is 0 Å². The van der Waals surface area contributed by atoms with Gasteiger partial charge in [0.25, 0.3) is 0 Å². The number of nitrogens with one attached hydrogen (secondary N) is 1. The van der Waals surface area contributed by atoms with Crippen molar-refractivity contribution in [2.24, 2.45) is 5.41 Å². The second-order valence-electron chi connectivity index (χ2n) is 4.80. The number of hydrogen-bond donors (Lipinski definition) is 1. The minimum atomic E-state index is 0.473. The van der Waals surface area contributed by atoms with E-state index in [2.05, 4.69) is 39.9 Å². The fourth-order valence-corrected chi connectivity index (χ4v) is 1.22. The SMILES string of the molecule is CCCCC(C)(C)CNC(C)C. The van der Waals surface area contributed by atoms with E-state index < -0.39 is 0 Å². The molecule has 74 valence electrons. The molecule has 0 fully saturated rings. The van der Waals surface area contributed by atoms with Crippen LogP contribution in [-0.4, -0.2) is 12.6 Å². The molecule has 0 saturated heterocycles. The van der Waals surface area contributed by atoms with E-state index in [1.165, 1.54) is 19.3 Å². The van der Waals surface area contributed by atoms with Gasteiger partial charge >= 0.3 is 0 Å². The quantitative estimate of drug-likeness (QED) is 0.647. The number of rotatable bonds is 6. The Bertz CT molecular complexity index is 106. The molecule has 0 aromatic carbocycles. The minimum absolute atomic E-state index is 0.473. The molecule has 0 aliphatic rings. The first kappa shape index (κ1) is 12.0. The van der Waals surface area contributed by atoms with Crippen molar-refractivity contribution in [2.75, 3.05) is 6.54 Å². The number of unbranched alkanes of at least 4 members (excludes halogenated alkanes) is 1. The summed E-state index contributed by atoms with van der Waals surface area (Å²) in [5, 5.41) is 3.49. The first-order valence-corrected chi connectivity index (χ1v) is 5.21. The van der Waals surface area contributed by atoms with Gasteiger partial charge in [-0.15, -0.1) is 0 Å². The van der Waals surface area contributed by atoms with Crippen LogP contribution in [0.3, 0.4) is 0 Å². The summed E-state index contributed by atoms with van der Waals surface area (Å²) in [5.41, 5.74) is 0.473. The molecule has 0 amide bonds. The van der Waals surface area contributed by atoms with Crippen molar-refractivity contribution in [2.45, 2.75) is 59.9 Å². The normalized spacial score (nSPS) is 12.5. The third-order valence-electron chi connectivity index (χ3n) is 2.20. The third kappa shape index (κ3) is 6.66. The molecule has 1 nitrogen and oxygen atoms in total. The van der Waals surface area contributed by atoms with Crippen LogP contribution in [0.1, 0.15) is 53.9 Å². The highest BCUT2D eigenvalue weighted by Gasteiger charge is 2.16. The van der Waals surface area contributed by atoms with E-state index in [0.29, 0.717) is 11.5 Å². The molecule has 0 atom stereocenters. The maximum absolute atomic E-state index is 3.49. The first-order valence-electron chi connectivity index (χ1n) is 5.21. The lowest BCUT2D eigenvalue weighted by molar-refractivity contribution is 0.295. The van der Waals surface area contributed by atoms with Gasteiger partial charge in [0.2, 0.25) is 0 Å². The van der Waals surface area contributed by atoms with Gasteiger partial charge in [-0.2, -0.15) is 0 Å². The Labute approximate surface area is 77.9 Å². The van der Waals surface area contributed by atoms with Gasteiger partial charge in [-0.25, -0.2) is 0 Å². The predicted molar refractivity (Wildman–Crippen MR) is 56.4 cm³/mol. The standard InChI is InChI=1S/C11H25N/c1-6-7-8-11(4,5)9-12-10(2)3/h10,12H,6-9H2,1-5H3. The molecule has 1 N–H and O–H groups in total. The summed E-state index contributed by atoms with van der Waals surface area (Å²) < 4.78 is 0. The molecule has 0 spiro atoms. The molecule has 0 radical (unpaired) electrons. The van der Waals surface area contributed by atoms with Crippen LogP contribution in [0.2, 0.25) is 0 Å². The average Bonchev–Trinajstić information content (AvgIpc) is 1.98. The van der Waals surface area contributed by atoms with Crippen LogP contribution < -0.4 is 5.32 Å². The van der Waals surface area contributed by atoms with E-state index in [1.54, 1.807) is 0 Å². The van der Waals surface area contributed by atoms with E-state index >= 15 is 0 Å². The summed E-state index contributed by atoms with van der Waals surface area (Å²) in [5.74, 6) is 0. The highest BCUT2D eigenvalue weighted by Crippen LogP contribution is 2.21. The van der Waals surface area contributed by atoms with E-state index in [1.807, 2.05) is 0 Å². The van der Waals surface area contributed by atoms with Gasteiger partial charge in [-0.1, -0.05) is 47.5 Å². The van der Waals surface area contributed by atoms with Crippen LogP contribution in [0.25, 0.3) is 0 Å². The maximum Gasteiger partial charge on any atom is 0.00106 e. The maximum atomic E-state index is 3.49. The fraction of sp³-hybridized carbons (Fsp3) is 1.00. The zero-order chi connectivity index (χ0) is 9.61. The Hall–Kier alpha value is -0.0400. The van der Waals surface area contributed by atoms with E-state index in [4.69, 9.17) is 0 Å². The second-order valence-corrected chi connectivity index (χ2v) is 4.80. The Morgan fingerprint density at radius 1 is 1.25 bits per heavy atom. The molecule has 12 heavy (non-hydrogen) atoms. The highest BCUT2D eigenvalue weighted by atomic mass is 14.9. The van der Waals surface area contributed by atoms with E-state index in [9.17, 15) is 0 Å². The summed E-state index contributed by atoms with van der Waals surface area (Å²) in [7, 11) is 0. The smallest absolute Gasteiger partial charge is 0.00106 e. The molecule has 0 rings (SSSR count). The molecule has 1 heteroatoms. The lowest BCUT2D eigenvalue weighted by Crippen LogP contribution is -2.33. The minimum Gasteiger partial charge on any atom is -0.314 e. The summed E-state index contributed by atoms with van der Waals surface area (Å²) in [6, 6.07) is 0.617. The van der Waals surface area contributed by atoms with Crippen molar-refractivity contribution in [3.05, 3.63) is 0 Å². The van der Waals surface area contributed by atoms with Gasteiger partial charge in [0.1, 0.15) is 0 Å². The summed E-state index contributed by atoms with van der Waals surface area (Å²) in [6.45, 7) is 12.5. The Balaban J connectivity index is 3.56. The molecule has 0 aromatic heterocycles. The summed E-state index contributed by atoms with van der Waals surface area (Å²) in [6.07, 6.45) is 4.00. The molecule has 0 unspecified atom stereocenters. The lowest BCUT2D eigenvalue weighted by Gasteiger charge is -2.26. The average molecular weight is 171 g/mol. The van der Waals surface area contributed by atoms with Gasteiger partial charge < -0.3 is 5.32 Å². The molecule has 0 aliphatic heterocycles. The second kappa shape index (κ2) is 5.58. The van der Waals surface area contributed by atoms with Crippen LogP contribution >= 0.6 is 0 Å². The van der Waals surface area contributed by atoms with Crippen molar-refractivity contribution in [3.8, 4) is 0 Å². The monoisotopic (exact) mass is 171 g/mol. The van der Waals surface area contributed by atoms with Gasteiger partial charge in [-0.05, 0) is 11.8 Å². The van der Waals surface area contributed by atoms with Crippen LogP contribution in [0.15, 0.2) is 0 Å². The topological polar surface area (TPSA) is 12.0 Å². The molecule has 0 aliphatic carbocycles. The van der Waals surface area contributed by atoms with Crippen LogP contribution in [0, 0.1) is 5.41 Å². The lowest BCUT2D eigenvalue weighted by atomic mass is 9.87. The summed E-state index contributed by atoms with van der Waals surface area (Å²) in [4.78, 5) is 0. The first-order chi connectivity index (χ1) is 5.48. The molecular weight excluding hydrogens is 146 g/mol. The van der Waals surface area contributed by atoms with Crippen molar-refractivity contribution >= 4 is 0 Å². The predicted octanol–water partition coefficient (Wildman–Crippen LogP) is 3.20. The van der Waals surface area contributed by atoms with Crippen molar-refractivity contribution in [3.63, 3.8) is 0 Å². The highest BCUT2D eigenvalue weighted by molar-refractivity contribution is 4.72. The third-order valence-corrected chi connectivity index (χ3v) is 2.20. The molecule has 0 heterocycles. The van der Waals surface area contributed by atoms with Gasteiger partial charge in [0.15, 0.2) is 0 Å². The molecule has 0 saturated carbocycles. The van der Waals surface area contributed by atoms with Crippen LogP contribution in [0.4, 0.5) is 0 Å². The summed E-state index contributed by atoms with van der Waals surface area (Å²) >= 11 is 0. The van der Waals surface area contributed by atoms with Gasteiger partial charge in [0, 0.05) is 12.6 Å². The molecular formula is C11H25N. The van der Waals surface area contributed by atoms with Crippen molar-refractivity contribution in [1.82, 2.24) is 5.32 Å². The zero-order valence-corrected chi connectivity index (χ0v) is 9.41. The van der Waals surface area contributed by atoms with Crippen LogP contribution in [-0.2, 0) is 0 Å².